The Hall–Kier alpha value is -3.09. The van der Waals surface area contributed by atoms with Crippen LogP contribution in [0.3, 0.4) is 0 Å². The number of rotatable bonds is 8. The van der Waals surface area contributed by atoms with Crippen molar-refractivity contribution in [1.82, 2.24) is 10.2 Å². The molecule has 5 nitrogen and oxygen atoms in total. The van der Waals surface area contributed by atoms with Gasteiger partial charge in [-0.3, -0.25) is 9.69 Å². The average Bonchev–Trinajstić information content (AvgIpc) is 2.87. The van der Waals surface area contributed by atoms with Crippen LogP contribution in [-0.4, -0.2) is 37.6 Å². The minimum absolute atomic E-state index is 0.136. The summed E-state index contributed by atoms with van der Waals surface area (Å²) in [7, 11) is 3.24. The van der Waals surface area contributed by atoms with Crippen molar-refractivity contribution in [2.24, 2.45) is 0 Å². The Balaban J connectivity index is 1.72. The number of carbonyl (C=O) groups is 1. The molecule has 0 aromatic heterocycles. The highest BCUT2D eigenvalue weighted by atomic mass is 35.5. The van der Waals surface area contributed by atoms with Crippen molar-refractivity contribution in [3.05, 3.63) is 93.8 Å². The van der Waals surface area contributed by atoms with Crippen LogP contribution in [0.4, 0.5) is 4.39 Å². The molecule has 0 radical (unpaired) electrons. The summed E-state index contributed by atoms with van der Waals surface area (Å²) in [4.78, 5) is 15.5. The Morgan fingerprint density at radius 1 is 1.11 bits per heavy atom. The summed E-state index contributed by atoms with van der Waals surface area (Å²) in [5.41, 5.74) is 3.67. The summed E-state index contributed by atoms with van der Waals surface area (Å²) in [5, 5.41) is 3.82. The summed E-state index contributed by atoms with van der Waals surface area (Å²) in [5.74, 6) is 0.905. The molecule has 2 unspecified atom stereocenters. The van der Waals surface area contributed by atoms with Crippen LogP contribution in [-0.2, 0) is 13.0 Å². The second kappa shape index (κ2) is 11.1. The van der Waals surface area contributed by atoms with Gasteiger partial charge < -0.3 is 14.8 Å². The van der Waals surface area contributed by atoms with Crippen LogP contribution >= 0.6 is 11.6 Å². The lowest BCUT2D eigenvalue weighted by molar-refractivity contribution is 0.0859. The molecule has 7 heteroatoms. The van der Waals surface area contributed by atoms with Crippen molar-refractivity contribution in [2.45, 2.75) is 38.4 Å². The van der Waals surface area contributed by atoms with Gasteiger partial charge in [-0.2, -0.15) is 0 Å². The molecule has 3 aromatic rings. The van der Waals surface area contributed by atoms with E-state index in [1.165, 1.54) is 6.07 Å². The monoisotopic (exact) mass is 496 g/mol. The fraction of sp³-hybridized carbons (Fsp3) is 0.321. The highest BCUT2D eigenvalue weighted by Gasteiger charge is 2.35. The lowest BCUT2D eigenvalue weighted by Crippen LogP contribution is -2.48. The first-order valence-electron chi connectivity index (χ1n) is 11.7. The van der Waals surface area contributed by atoms with Gasteiger partial charge in [0, 0.05) is 29.7 Å². The van der Waals surface area contributed by atoms with Crippen LogP contribution in [0.2, 0.25) is 5.02 Å². The third-order valence-corrected chi connectivity index (χ3v) is 6.80. The number of hydrogen-bond acceptors (Lipinski definition) is 4. The molecular weight excluding hydrogens is 467 g/mol. The number of carbonyl (C=O) groups excluding carboxylic acids is 1. The van der Waals surface area contributed by atoms with Gasteiger partial charge in [0.05, 0.1) is 20.3 Å². The number of benzene rings is 3. The lowest BCUT2D eigenvalue weighted by Gasteiger charge is -2.42. The van der Waals surface area contributed by atoms with Crippen molar-refractivity contribution in [2.75, 3.05) is 20.8 Å². The van der Waals surface area contributed by atoms with Crippen LogP contribution in [0.25, 0.3) is 0 Å². The average molecular weight is 497 g/mol. The quantitative estimate of drug-likeness (QED) is 0.428. The number of nitrogens with zero attached hydrogens (tertiary/aromatic N) is 1. The van der Waals surface area contributed by atoms with Gasteiger partial charge in [0.2, 0.25) is 0 Å². The van der Waals surface area contributed by atoms with E-state index in [0.717, 1.165) is 29.7 Å². The van der Waals surface area contributed by atoms with Gasteiger partial charge in [0.25, 0.3) is 5.91 Å². The van der Waals surface area contributed by atoms with E-state index in [2.05, 4.69) is 17.1 Å². The molecule has 1 aliphatic rings. The number of ether oxygens (including phenoxy) is 2. The summed E-state index contributed by atoms with van der Waals surface area (Å²) < 4.78 is 25.1. The zero-order valence-electron chi connectivity index (χ0n) is 20.2. The molecular formula is C28H30ClFN2O3. The van der Waals surface area contributed by atoms with E-state index in [-0.39, 0.29) is 23.8 Å². The standard InChI is InChI=1S/C28H30ClFN2O3/c1-4-24(31-28(33)19-8-10-21(29)11-9-19)27-23-16-26(35-3)25(34-2)15-20(23)12-13-32(27)17-18-6-5-7-22(30)14-18/h5-11,14-16,24,27H,4,12-13,17H2,1-3H3,(H,31,33). The third-order valence-electron chi connectivity index (χ3n) is 6.54. The van der Waals surface area contributed by atoms with Gasteiger partial charge in [-0.15, -0.1) is 0 Å². The Bertz CT molecular complexity index is 1190. The largest absolute Gasteiger partial charge is 0.493 e. The molecule has 1 amide bonds. The topological polar surface area (TPSA) is 50.8 Å². The van der Waals surface area contributed by atoms with E-state index in [9.17, 15) is 9.18 Å². The number of methoxy groups -OCH3 is 2. The maximum absolute atomic E-state index is 13.9. The lowest BCUT2D eigenvalue weighted by atomic mass is 9.86. The molecule has 184 valence electrons. The predicted molar refractivity (Wildman–Crippen MR) is 136 cm³/mol. The molecule has 2 atom stereocenters. The molecule has 4 rings (SSSR count). The van der Waals surface area contributed by atoms with E-state index in [1.807, 2.05) is 18.2 Å². The van der Waals surface area contributed by atoms with Gasteiger partial charge in [0.1, 0.15) is 5.82 Å². The molecule has 0 fully saturated rings. The first-order chi connectivity index (χ1) is 16.9. The van der Waals surface area contributed by atoms with Crippen molar-refractivity contribution < 1.29 is 18.7 Å². The molecule has 0 saturated carbocycles. The van der Waals surface area contributed by atoms with E-state index >= 15 is 0 Å². The van der Waals surface area contributed by atoms with Gasteiger partial charge in [-0.05, 0) is 78.1 Å². The van der Waals surface area contributed by atoms with E-state index in [4.69, 9.17) is 21.1 Å². The Labute approximate surface area is 210 Å². The van der Waals surface area contributed by atoms with Crippen LogP contribution < -0.4 is 14.8 Å². The number of amides is 1. The molecule has 35 heavy (non-hydrogen) atoms. The molecule has 0 bridgehead atoms. The maximum atomic E-state index is 13.9. The molecule has 0 spiro atoms. The zero-order chi connectivity index (χ0) is 24.9. The van der Waals surface area contributed by atoms with Gasteiger partial charge >= 0.3 is 0 Å². The first-order valence-corrected chi connectivity index (χ1v) is 12.1. The van der Waals surface area contributed by atoms with Crippen LogP contribution in [0.1, 0.15) is 46.4 Å². The van der Waals surface area contributed by atoms with Crippen LogP contribution in [0, 0.1) is 5.82 Å². The zero-order valence-corrected chi connectivity index (χ0v) is 20.9. The first kappa shape index (κ1) is 25.0. The summed E-state index contributed by atoms with van der Waals surface area (Å²) in [6.45, 7) is 3.38. The SMILES string of the molecule is CCC(NC(=O)c1ccc(Cl)cc1)C1c2cc(OC)c(OC)cc2CCN1Cc1cccc(F)c1. The van der Waals surface area contributed by atoms with Gasteiger partial charge in [-0.1, -0.05) is 30.7 Å². The summed E-state index contributed by atoms with van der Waals surface area (Å²) in [6, 6.07) is 17.2. The van der Waals surface area contributed by atoms with E-state index in [0.29, 0.717) is 35.1 Å². The number of halogens is 2. The van der Waals surface area contributed by atoms with Crippen LogP contribution in [0.15, 0.2) is 60.7 Å². The Morgan fingerprint density at radius 3 is 2.49 bits per heavy atom. The third kappa shape index (κ3) is 5.60. The van der Waals surface area contributed by atoms with Gasteiger partial charge in [-0.25, -0.2) is 4.39 Å². The predicted octanol–water partition coefficient (Wildman–Crippen LogP) is 5.80. The molecule has 3 aromatic carbocycles. The Morgan fingerprint density at radius 2 is 1.83 bits per heavy atom. The minimum Gasteiger partial charge on any atom is -0.493 e. The van der Waals surface area contributed by atoms with Crippen LogP contribution in [0.5, 0.6) is 11.5 Å². The number of fused-ring (bicyclic) bond motifs is 1. The number of hydrogen-bond donors (Lipinski definition) is 1. The van der Waals surface area contributed by atoms with Crippen molar-refractivity contribution >= 4 is 17.5 Å². The number of nitrogens with one attached hydrogen (secondary N) is 1. The molecule has 0 aliphatic carbocycles. The van der Waals surface area contributed by atoms with E-state index in [1.54, 1.807) is 50.6 Å². The molecule has 1 heterocycles. The van der Waals surface area contributed by atoms with Gasteiger partial charge in [0.15, 0.2) is 11.5 Å². The fourth-order valence-corrected chi connectivity index (χ4v) is 4.93. The fourth-order valence-electron chi connectivity index (χ4n) is 4.80. The Kier molecular flexibility index (Phi) is 7.93. The second-order valence-corrected chi connectivity index (χ2v) is 9.13. The highest BCUT2D eigenvalue weighted by Crippen LogP contribution is 2.40. The molecule has 1 N–H and O–H groups in total. The second-order valence-electron chi connectivity index (χ2n) is 8.70. The van der Waals surface area contributed by atoms with E-state index < -0.39 is 0 Å². The van der Waals surface area contributed by atoms with Crippen molar-refractivity contribution in [3.63, 3.8) is 0 Å². The molecule has 1 aliphatic heterocycles. The highest BCUT2D eigenvalue weighted by molar-refractivity contribution is 6.30. The normalized spacial score (nSPS) is 16.3. The maximum Gasteiger partial charge on any atom is 0.251 e. The molecule has 0 saturated heterocycles. The summed E-state index contributed by atoms with van der Waals surface area (Å²) >= 11 is 6.00. The van der Waals surface area contributed by atoms with Crippen molar-refractivity contribution in [1.29, 1.82) is 0 Å². The summed E-state index contributed by atoms with van der Waals surface area (Å²) in [6.07, 6.45) is 1.51. The van der Waals surface area contributed by atoms with Crippen molar-refractivity contribution in [3.8, 4) is 11.5 Å². The minimum atomic E-state index is -0.258. The smallest absolute Gasteiger partial charge is 0.251 e.